The summed E-state index contributed by atoms with van der Waals surface area (Å²) in [7, 11) is 3.97. The topological polar surface area (TPSA) is 55.9 Å². The number of amides is 2. The molecule has 2 amide bonds. The average molecular weight is 341 g/mol. The molecule has 0 aliphatic carbocycles. The van der Waals surface area contributed by atoms with E-state index in [0.29, 0.717) is 39.0 Å². The molecule has 0 aromatic heterocycles. The zero-order chi connectivity index (χ0) is 18.2. The van der Waals surface area contributed by atoms with Crippen molar-refractivity contribution in [3.05, 3.63) is 0 Å². The molecule has 0 aromatic rings. The van der Waals surface area contributed by atoms with E-state index in [-0.39, 0.29) is 17.2 Å². The first-order valence-corrected chi connectivity index (χ1v) is 9.11. The van der Waals surface area contributed by atoms with Gasteiger partial charge in [-0.3, -0.25) is 9.59 Å². The maximum Gasteiger partial charge on any atom is 0.223 e. The monoisotopic (exact) mass is 340 g/mol. The van der Waals surface area contributed by atoms with Gasteiger partial charge in [-0.15, -0.1) is 0 Å². The molecule has 0 aromatic carbocycles. The van der Waals surface area contributed by atoms with Crippen molar-refractivity contribution in [2.24, 2.45) is 5.41 Å². The third kappa shape index (κ3) is 8.11. The molecule has 1 saturated heterocycles. The second kappa shape index (κ2) is 9.99. The van der Waals surface area contributed by atoms with E-state index in [0.717, 1.165) is 26.1 Å². The van der Waals surface area contributed by atoms with Gasteiger partial charge in [0, 0.05) is 58.7 Å². The van der Waals surface area contributed by atoms with E-state index in [2.05, 4.69) is 31.0 Å². The molecule has 1 heterocycles. The number of nitrogens with zero attached hydrogens (tertiary/aromatic N) is 3. The van der Waals surface area contributed by atoms with Gasteiger partial charge in [-0.2, -0.15) is 0 Å². The molecule has 1 rings (SSSR count). The molecule has 1 aliphatic rings. The van der Waals surface area contributed by atoms with Gasteiger partial charge in [0.15, 0.2) is 0 Å². The van der Waals surface area contributed by atoms with E-state index in [1.165, 1.54) is 0 Å². The molecule has 0 atom stereocenters. The fourth-order valence-electron chi connectivity index (χ4n) is 2.70. The summed E-state index contributed by atoms with van der Waals surface area (Å²) in [6, 6.07) is 0. The Balaban J connectivity index is 2.27. The molecule has 0 radical (unpaired) electrons. The summed E-state index contributed by atoms with van der Waals surface area (Å²) in [6.07, 6.45) is 2.07. The van der Waals surface area contributed by atoms with Crippen molar-refractivity contribution >= 4 is 11.8 Å². The molecular weight excluding hydrogens is 304 g/mol. The lowest BCUT2D eigenvalue weighted by Gasteiger charge is -2.35. The lowest BCUT2D eigenvalue weighted by atomic mass is 9.90. The second-order valence-corrected chi connectivity index (χ2v) is 7.98. The molecule has 1 aliphatic heterocycles. The van der Waals surface area contributed by atoms with Crippen LogP contribution in [0.3, 0.4) is 0 Å². The smallest absolute Gasteiger partial charge is 0.223 e. The van der Waals surface area contributed by atoms with Crippen LogP contribution in [0.4, 0.5) is 0 Å². The summed E-state index contributed by atoms with van der Waals surface area (Å²) in [6.45, 7) is 11.8. The van der Waals surface area contributed by atoms with Crippen LogP contribution in [0.25, 0.3) is 0 Å². The largest absolute Gasteiger partial charge is 0.339 e. The molecule has 0 spiro atoms. The third-order valence-electron chi connectivity index (χ3n) is 4.52. The number of nitrogens with one attached hydrogen (secondary N) is 1. The van der Waals surface area contributed by atoms with E-state index in [4.69, 9.17) is 0 Å². The standard InChI is InChI=1S/C18H36N4O2/c1-18(2,3)8-6-16(23)21-12-14-22(15-13-21)17(24)7-10-20(5)11-9-19-4/h19H,6-15H2,1-5H3. The van der Waals surface area contributed by atoms with E-state index in [1.807, 2.05) is 23.9 Å². The van der Waals surface area contributed by atoms with Crippen molar-refractivity contribution in [3.63, 3.8) is 0 Å². The number of piperazine rings is 1. The van der Waals surface area contributed by atoms with Crippen LogP contribution in [0, 0.1) is 5.41 Å². The summed E-state index contributed by atoms with van der Waals surface area (Å²) >= 11 is 0. The van der Waals surface area contributed by atoms with E-state index in [1.54, 1.807) is 0 Å². The number of hydrogen-bond donors (Lipinski definition) is 1. The Bertz CT molecular complexity index is 398. The minimum atomic E-state index is 0.187. The van der Waals surface area contributed by atoms with E-state index < -0.39 is 0 Å². The normalized spacial score (nSPS) is 15.9. The van der Waals surface area contributed by atoms with Crippen LogP contribution in [0.1, 0.15) is 40.0 Å². The minimum Gasteiger partial charge on any atom is -0.339 e. The van der Waals surface area contributed by atoms with Gasteiger partial charge >= 0.3 is 0 Å². The van der Waals surface area contributed by atoms with Gasteiger partial charge in [-0.05, 0) is 25.9 Å². The first-order valence-electron chi connectivity index (χ1n) is 9.11. The fraction of sp³-hybridized carbons (Fsp3) is 0.889. The Morgan fingerprint density at radius 1 is 0.958 bits per heavy atom. The number of hydrogen-bond acceptors (Lipinski definition) is 4. The lowest BCUT2D eigenvalue weighted by Crippen LogP contribution is -2.51. The van der Waals surface area contributed by atoms with Crippen molar-refractivity contribution in [2.45, 2.75) is 40.0 Å². The molecule has 0 unspecified atom stereocenters. The summed E-state index contributed by atoms with van der Waals surface area (Å²) < 4.78 is 0. The zero-order valence-corrected chi connectivity index (χ0v) is 16.2. The predicted octanol–water partition coefficient (Wildman–Crippen LogP) is 1.02. The Morgan fingerprint density at radius 3 is 1.92 bits per heavy atom. The van der Waals surface area contributed by atoms with Crippen LogP contribution in [-0.2, 0) is 9.59 Å². The summed E-state index contributed by atoms with van der Waals surface area (Å²) in [5, 5.41) is 3.11. The van der Waals surface area contributed by atoms with Crippen LogP contribution in [0.2, 0.25) is 0 Å². The lowest BCUT2D eigenvalue weighted by molar-refractivity contribution is -0.140. The van der Waals surface area contributed by atoms with Gasteiger partial charge in [0.05, 0.1) is 0 Å². The molecule has 140 valence electrons. The summed E-state index contributed by atoms with van der Waals surface area (Å²) in [4.78, 5) is 30.5. The quantitative estimate of drug-likeness (QED) is 0.717. The van der Waals surface area contributed by atoms with E-state index >= 15 is 0 Å². The summed E-state index contributed by atoms with van der Waals surface area (Å²) in [5.41, 5.74) is 0.187. The number of carbonyl (C=O) groups is 2. The molecule has 24 heavy (non-hydrogen) atoms. The fourth-order valence-corrected chi connectivity index (χ4v) is 2.70. The van der Waals surface area contributed by atoms with Gasteiger partial charge < -0.3 is 20.0 Å². The highest BCUT2D eigenvalue weighted by Gasteiger charge is 2.24. The van der Waals surface area contributed by atoms with Gasteiger partial charge in [0.2, 0.25) is 11.8 Å². The first-order chi connectivity index (χ1) is 11.2. The molecule has 6 heteroatoms. The number of carbonyl (C=O) groups excluding carboxylic acids is 2. The SMILES string of the molecule is CNCCN(C)CCC(=O)N1CCN(C(=O)CCC(C)(C)C)CC1. The average Bonchev–Trinajstić information content (AvgIpc) is 2.55. The highest BCUT2D eigenvalue weighted by atomic mass is 16.2. The van der Waals surface area contributed by atoms with Crippen LogP contribution >= 0.6 is 0 Å². The Morgan fingerprint density at radius 2 is 1.46 bits per heavy atom. The molecule has 6 nitrogen and oxygen atoms in total. The van der Waals surface area contributed by atoms with Crippen molar-refractivity contribution in [2.75, 3.05) is 59.9 Å². The van der Waals surface area contributed by atoms with Crippen molar-refractivity contribution < 1.29 is 9.59 Å². The third-order valence-corrected chi connectivity index (χ3v) is 4.52. The summed E-state index contributed by atoms with van der Waals surface area (Å²) in [5.74, 6) is 0.428. The van der Waals surface area contributed by atoms with E-state index in [9.17, 15) is 9.59 Å². The number of likely N-dealkylation sites (N-methyl/N-ethyl adjacent to an activating group) is 2. The molecule has 1 fully saturated rings. The Labute approximate surface area is 147 Å². The van der Waals surface area contributed by atoms with Crippen LogP contribution in [-0.4, -0.2) is 86.4 Å². The van der Waals surface area contributed by atoms with Gasteiger partial charge in [0.1, 0.15) is 0 Å². The van der Waals surface area contributed by atoms with Gasteiger partial charge in [-0.25, -0.2) is 0 Å². The molecule has 1 N–H and O–H groups in total. The zero-order valence-electron chi connectivity index (χ0n) is 16.2. The highest BCUT2D eigenvalue weighted by Crippen LogP contribution is 2.21. The predicted molar refractivity (Wildman–Crippen MR) is 97.9 cm³/mol. The van der Waals surface area contributed by atoms with Crippen LogP contribution < -0.4 is 5.32 Å². The minimum absolute atomic E-state index is 0.187. The second-order valence-electron chi connectivity index (χ2n) is 7.98. The Hall–Kier alpha value is -1.14. The van der Waals surface area contributed by atoms with Crippen molar-refractivity contribution in [3.8, 4) is 0 Å². The Kier molecular flexibility index (Phi) is 8.70. The highest BCUT2D eigenvalue weighted by molar-refractivity contribution is 5.78. The number of rotatable bonds is 8. The van der Waals surface area contributed by atoms with Crippen LogP contribution in [0.15, 0.2) is 0 Å². The molecular formula is C18H36N4O2. The molecule has 0 bridgehead atoms. The van der Waals surface area contributed by atoms with Gasteiger partial charge in [-0.1, -0.05) is 20.8 Å². The van der Waals surface area contributed by atoms with Crippen molar-refractivity contribution in [1.82, 2.24) is 20.0 Å². The van der Waals surface area contributed by atoms with Gasteiger partial charge in [0.25, 0.3) is 0 Å². The first kappa shape index (κ1) is 20.9. The van der Waals surface area contributed by atoms with Crippen molar-refractivity contribution in [1.29, 1.82) is 0 Å². The molecule has 0 saturated carbocycles. The maximum atomic E-state index is 12.3. The van der Waals surface area contributed by atoms with Crippen LogP contribution in [0.5, 0.6) is 0 Å². The maximum absolute atomic E-state index is 12.3.